The van der Waals surface area contributed by atoms with Gasteiger partial charge in [-0.2, -0.15) is 4.98 Å². The number of nitrogens with one attached hydrogen (secondary N) is 1. The summed E-state index contributed by atoms with van der Waals surface area (Å²) in [5.74, 6) is 1.63. The van der Waals surface area contributed by atoms with E-state index in [1.54, 1.807) is 0 Å². The molecule has 2 aliphatic heterocycles. The summed E-state index contributed by atoms with van der Waals surface area (Å²) < 4.78 is 23.9. The number of aromatic nitrogens is 2. The summed E-state index contributed by atoms with van der Waals surface area (Å²) in [6.45, 7) is 1.56. The highest BCUT2D eigenvalue weighted by Crippen LogP contribution is 2.36. The molecule has 1 saturated carbocycles. The molecule has 0 bridgehead atoms. The Kier molecular flexibility index (Phi) is 5.97. The molecule has 2 fully saturated rings. The van der Waals surface area contributed by atoms with Crippen LogP contribution in [0.3, 0.4) is 0 Å². The molecule has 2 aliphatic carbocycles. The van der Waals surface area contributed by atoms with Crippen LogP contribution in [-0.2, 0) is 9.84 Å². The molecule has 5 rings (SSSR count). The molecule has 1 unspecified atom stereocenters. The average Bonchev–Trinajstić information content (AvgIpc) is 3.24. The highest BCUT2D eigenvalue weighted by Gasteiger charge is 2.33. The molecule has 3 heterocycles. The number of likely N-dealkylation sites (tertiary alicyclic amines) is 1. The van der Waals surface area contributed by atoms with Gasteiger partial charge in [0.05, 0.1) is 11.3 Å². The third kappa shape index (κ3) is 4.42. The van der Waals surface area contributed by atoms with Gasteiger partial charge in [0.15, 0.2) is 0 Å². The average molecular weight is 456 g/mol. The predicted octanol–water partition coefficient (Wildman–Crippen LogP) is 3.65. The number of sulfone groups is 1. The van der Waals surface area contributed by atoms with E-state index < -0.39 is 9.84 Å². The van der Waals surface area contributed by atoms with Crippen molar-refractivity contribution in [1.82, 2.24) is 14.9 Å². The van der Waals surface area contributed by atoms with Gasteiger partial charge < -0.3 is 15.1 Å². The smallest absolute Gasteiger partial charge is 0.224 e. The molecule has 172 valence electrons. The summed E-state index contributed by atoms with van der Waals surface area (Å²) in [6, 6.07) is 2.68. The molecule has 0 aromatic carbocycles. The highest BCUT2D eigenvalue weighted by atomic mass is 32.2. The zero-order valence-corrected chi connectivity index (χ0v) is 19.6. The molecule has 0 spiro atoms. The van der Waals surface area contributed by atoms with Crippen molar-refractivity contribution in [1.29, 1.82) is 0 Å². The fourth-order valence-electron chi connectivity index (χ4n) is 5.47. The van der Waals surface area contributed by atoms with Gasteiger partial charge in [-0.25, -0.2) is 13.4 Å². The summed E-state index contributed by atoms with van der Waals surface area (Å²) in [6.07, 6.45) is 20.6. The van der Waals surface area contributed by atoms with E-state index in [1.807, 2.05) is 12.3 Å². The van der Waals surface area contributed by atoms with Gasteiger partial charge in [0.1, 0.15) is 15.7 Å². The maximum atomic E-state index is 11.9. The lowest BCUT2D eigenvalue weighted by Gasteiger charge is -2.37. The minimum atomic E-state index is -2.96. The van der Waals surface area contributed by atoms with Gasteiger partial charge in [-0.1, -0.05) is 25.3 Å². The third-order valence-electron chi connectivity index (χ3n) is 7.27. The molecule has 4 aliphatic rings. The Morgan fingerprint density at radius 3 is 2.59 bits per heavy atom. The Morgan fingerprint density at radius 2 is 1.84 bits per heavy atom. The molecule has 7 nitrogen and oxygen atoms in total. The Bertz CT molecular complexity index is 1030. The van der Waals surface area contributed by atoms with Gasteiger partial charge in [-0.15, -0.1) is 0 Å². The van der Waals surface area contributed by atoms with Gasteiger partial charge in [0.2, 0.25) is 5.95 Å². The van der Waals surface area contributed by atoms with Crippen molar-refractivity contribution in [3.05, 3.63) is 48.0 Å². The second kappa shape index (κ2) is 8.89. The van der Waals surface area contributed by atoms with Crippen LogP contribution in [0.15, 0.2) is 48.0 Å². The van der Waals surface area contributed by atoms with Gasteiger partial charge in [-0.3, -0.25) is 0 Å². The lowest BCUT2D eigenvalue weighted by molar-refractivity contribution is 0.290. The molecular formula is C24H33N5O2S. The molecule has 0 radical (unpaired) electrons. The molecule has 8 heteroatoms. The van der Waals surface area contributed by atoms with Crippen LogP contribution < -0.4 is 10.2 Å². The van der Waals surface area contributed by atoms with E-state index in [2.05, 4.69) is 44.5 Å². The van der Waals surface area contributed by atoms with Crippen molar-refractivity contribution in [2.24, 2.45) is 0 Å². The van der Waals surface area contributed by atoms with E-state index in [1.165, 1.54) is 49.6 Å². The topological polar surface area (TPSA) is 78.4 Å². The molecule has 1 N–H and O–H groups in total. The fourth-order valence-corrected chi connectivity index (χ4v) is 6.53. The molecule has 1 saturated heterocycles. The number of rotatable bonds is 5. The number of piperidine rings is 1. The molecule has 32 heavy (non-hydrogen) atoms. The number of anilines is 2. The van der Waals surface area contributed by atoms with Crippen molar-refractivity contribution in [3.63, 3.8) is 0 Å². The third-order valence-corrected chi connectivity index (χ3v) is 8.95. The summed E-state index contributed by atoms with van der Waals surface area (Å²) in [5.41, 5.74) is 2.52. The largest absolute Gasteiger partial charge is 0.371 e. The first kappa shape index (κ1) is 21.5. The van der Waals surface area contributed by atoms with Gasteiger partial charge in [0.25, 0.3) is 0 Å². The Morgan fingerprint density at radius 1 is 1.06 bits per heavy atom. The van der Waals surface area contributed by atoms with E-state index in [-0.39, 0.29) is 11.3 Å². The van der Waals surface area contributed by atoms with Crippen LogP contribution in [0.25, 0.3) is 0 Å². The summed E-state index contributed by atoms with van der Waals surface area (Å²) in [5, 5.41) is 3.33. The summed E-state index contributed by atoms with van der Waals surface area (Å²) in [4.78, 5) is 13.9. The number of hydrogen-bond acceptors (Lipinski definition) is 7. The first-order chi connectivity index (χ1) is 15.5. The Labute approximate surface area is 191 Å². The van der Waals surface area contributed by atoms with E-state index in [0.29, 0.717) is 18.9 Å². The van der Waals surface area contributed by atoms with Crippen LogP contribution in [0.4, 0.5) is 11.8 Å². The lowest BCUT2D eigenvalue weighted by Crippen LogP contribution is -2.40. The number of hydrogen-bond donors (Lipinski definition) is 1. The monoisotopic (exact) mass is 455 g/mol. The molecule has 1 aromatic heterocycles. The van der Waals surface area contributed by atoms with E-state index in [9.17, 15) is 8.42 Å². The maximum absolute atomic E-state index is 11.9. The predicted molar refractivity (Wildman–Crippen MR) is 128 cm³/mol. The number of allylic oxidation sites excluding steroid dienone is 1. The minimum Gasteiger partial charge on any atom is -0.371 e. The molecule has 1 aromatic rings. The zero-order valence-electron chi connectivity index (χ0n) is 18.8. The zero-order chi connectivity index (χ0) is 22.1. The van der Waals surface area contributed by atoms with Gasteiger partial charge in [-0.05, 0) is 50.3 Å². The van der Waals surface area contributed by atoms with Crippen molar-refractivity contribution in [3.8, 4) is 0 Å². The second-order valence-corrected chi connectivity index (χ2v) is 11.8. The van der Waals surface area contributed by atoms with Crippen molar-refractivity contribution < 1.29 is 8.42 Å². The van der Waals surface area contributed by atoms with Gasteiger partial charge >= 0.3 is 0 Å². The van der Waals surface area contributed by atoms with Crippen LogP contribution >= 0.6 is 0 Å². The quantitative estimate of drug-likeness (QED) is 0.726. The maximum Gasteiger partial charge on any atom is 0.224 e. The van der Waals surface area contributed by atoms with Gasteiger partial charge in [0, 0.05) is 49.1 Å². The van der Waals surface area contributed by atoms with Crippen molar-refractivity contribution >= 4 is 21.6 Å². The highest BCUT2D eigenvalue weighted by molar-refractivity contribution is 7.91. The van der Waals surface area contributed by atoms with Crippen LogP contribution in [-0.4, -0.2) is 60.0 Å². The van der Waals surface area contributed by atoms with Crippen molar-refractivity contribution in [2.75, 3.05) is 29.6 Å². The minimum absolute atomic E-state index is 0.209. The molecule has 1 atom stereocenters. The van der Waals surface area contributed by atoms with Crippen molar-refractivity contribution in [2.45, 2.75) is 68.7 Å². The normalized spacial score (nSPS) is 24.8. The SMILES string of the molecule is CS(=O)(=O)C1CCN(C2=C3C=CN(c4ccnc(NC5CCCCC5)n4)C3CC=C2)CC1. The van der Waals surface area contributed by atoms with Crippen LogP contribution in [0, 0.1) is 0 Å². The fraction of sp³-hybridized carbons (Fsp3) is 0.583. The molecular weight excluding hydrogens is 422 g/mol. The van der Waals surface area contributed by atoms with E-state index >= 15 is 0 Å². The lowest BCUT2D eigenvalue weighted by atomic mass is 9.95. The summed E-state index contributed by atoms with van der Waals surface area (Å²) >= 11 is 0. The van der Waals surface area contributed by atoms with Crippen LogP contribution in [0.1, 0.15) is 51.4 Å². The standard InChI is InChI=1S/C24H33N5O2S/c1-32(30,31)19-11-15-28(16-12-19)21-8-5-9-22-20(21)13-17-29(22)23-10-14-25-24(27-23)26-18-6-3-2-4-7-18/h5,8,10,13-14,17-19,22H,2-4,6-7,9,11-12,15-16H2,1H3,(H,25,26,27). The van der Waals surface area contributed by atoms with E-state index in [0.717, 1.165) is 31.3 Å². The summed E-state index contributed by atoms with van der Waals surface area (Å²) in [7, 11) is -2.96. The second-order valence-electron chi connectivity index (χ2n) is 9.45. The van der Waals surface area contributed by atoms with E-state index in [4.69, 9.17) is 4.98 Å². The first-order valence-electron chi connectivity index (χ1n) is 11.9. The first-order valence-corrected chi connectivity index (χ1v) is 13.8. The van der Waals surface area contributed by atoms with Crippen LogP contribution in [0.2, 0.25) is 0 Å². The number of nitrogens with zero attached hydrogens (tertiary/aromatic N) is 4. The Hall–Kier alpha value is -2.35. The molecule has 0 amide bonds. The van der Waals surface area contributed by atoms with Crippen LogP contribution in [0.5, 0.6) is 0 Å². The number of fused-ring (bicyclic) bond motifs is 1. The Balaban J connectivity index is 1.31.